The highest BCUT2D eigenvalue weighted by molar-refractivity contribution is 9.10. The smallest absolute Gasteiger partial charge is 0.332 e. The minimum Gasteiger partial charge on any atom is -0.497 e. The monoisotopic (exact) mass is 427 g/mol. The van der Waals surface area contributed by atoms with Crippen molar-refractivity contribution in [2.75, 3.05) is 18.6 Å². The Morgan fingerprint density at radius 2 is 1.93 bits per heavy atom. The zero-order valence-electron chi connectivity index (χ0n) is 15.0. The van der Waals surface area contributed by atoms with Crippen molar-refractivity contribution in [2.45, 2.75) is 18.9 Å². The van der Waals surface area contributed by atoms with Gasteiger partial charge in [0, 0.05) is 29.1 Å². The van der Waals surface area contributed by atoms with Crippen molar-refractivity contribution in [1.29, 1.82) is 0 Å². The molecule has 1 spiro atoms. The molecule has 0 N–H and O–H groups in total. The summed E-state index contributed by atoms with van der Waals surface area (Å²) in [5, 5.41) is 0. The predicted octanol–water partition coefficient (Wildman–Crippen LogP) is 4.05. The minimum absolute atomic E-state index is 0.218. The number of rotatable bonds is 3. The van der Waals surface area contributed by atoms with Crippen LogP contribution in [-0.2, 0) is 19.9 Å². The van der Waals surface area contributed by atoms with Gasteiger partial charge in [-0.25, -0.2) is 4.79 Å². The lowest BCUT2D eigenvalue weighted by Gasteiger charge is -2.32. The number of amides is 1. The van der Waals surface area contributed by atoms with E-state index in [9.17, 15) is 9.59 Å². The van der Waals surface area contributed by atoms with Gasteiger partial charge in [-0.3, -0.25) is 4.79 Å². The van der Waals surface area contributed by atoms with E-state index in [-0.39, 0.29) is 12.3 Å². The van der Waals surface area contributed by atoms with Crippen molar-refractivity contribution in [3.8, 4) is 5.75 Å². The maximum atomic E-state index is 13.3. The Morgan fingerprint density at radius 3 is 2.59 bits per heavy atom. The second-order valence-corrected chi connectivity index (χ2v) is 7.45. The number of esters is 1. The molecule has 2 heterocycles. The van der Waals surface area contributed by atoms with Crippen molar-refractivity contribution in [3.63, 3.8) is 0 Å². The molecule has 0 saturated heterocycles. The van der Waals surface area contributed by atoms with Gasteiger partial charge in [-0.1, -0.05) is 28.1 Å². The van der Waals surface area contributed by atoms with Gasteiger partial charge in [0.1, 0.15) is 5.75 Å². The molecule has 5 nitrogen and oxygen atoms in total. The molecule has 138 valence electrons. The van der Waals surface area contributed by atoms with Gasteiger partial charge < -0.3 is 14.4 Å². The molecular weight excluding hydrogens is 410 g/mol. The quantitative estimate of drug-likeness (QED) is 0.693. The number of benzene rings is 2. The largest absolute Gasteiger partial charge is 0.497 e. The summed E-state index contributed by atoms with van der Waals surface area (Å²) in [4.78, 5) is 27.4. The second kappa shape index (κ2) is 6.53. The molecule has 1 atom stereocenters. The fourth-order valence-corrected chi connectivity index (χ4v) is 4.04. The Balaban J connectivity index is 1.85. The summed E-state index contributed by atoms with van der Waals surface area (Å²) in [6.45, 7) is 2.40. The predicted molar refractivity (Wildman–Crippen MR) is 106 cm³/mol. The lowest BCUT2D eigenvalue weighted by atomic mass is 9.83. The minimum atomic E-state index is -1.35. The standard InChI is InChI=1S/C21H18BrNO4/c1-3-23-18-9-8-16(26-2)11-17(18)21(20(23)25)12-14(10-19(24)27-21)13-4-6-15(22)7-5-13/h4-11H,3,12H2,1-2H3/t21-/m0/s1. The van der Waals surface area contributed by atoms with E-state index in [0.717, 1.165) is 21.3 Å². The zero-order chi connectivity index (χ0) is 19.2. The molecule has 0 aliphatic carbocycles. The average Bonchev–Trinajstić information content (AvgIpc) is 2.89. The number of halogens is 1. The number of ether oxygens (including phenoxy) is 2. The van der Waals surface area contributed by atoms with Crippen LogP contribution in [0.3, 0.4) is 0 Å². The van der Waals surface area contributed by atoms with Gasteiger partial charge in [0.05, 0.1) is 12.8 Å². The van der Waals surface area contributed by atoms with E-state index in [1.54, 1.807) is 18.1 Å². The van der Waals surface area contributed by atoms with Crippen LogP contribution in [0.25, 0.3) is 5.57 Å². The third kappa shape index (κ3) is 2.75. The van der Waals surface area contributed by atoms with Crippen LogP contribution >= 0.6 is 15.9 Å². The molecule has 2 aliphatic heterocycles. The molecule has 4 rings (SSSR count). The van der Waals surface area contributed by atoms with Gasteiger partial charge in [0.15, 0.2) is 0 Å². The highest BCUT2D eigenvalue weighted by Crippen LogP contribution is 2.50. The van der Waals surface area contributed by atoms with E-state index in [2.05, 4.69) is 15.9 Å². The topological polar surface area (TPSA) is 55.8 Å². The lowest BCUT2D eigenvalue weighted by Crippen LogP contribution is -2.45. The van der Waals surface area contributed by atoms with Gasteiger partial charge in [-0.15, -0.1) is 0 Å². The van der Waals surface area contributed by atoms with Gasteiger partial charge in [0.2, 0.25) is 5.60 Å². The molecule has 1 amide bonds. The third-order valence-electron chi connectivity index (χ3n) is 5.06. The van der Waals surface area contributed by atoms with Gasteiger partial charge in [-0.2, -0.15) is 0 Å². The van der Waals surface area contributed by atoms with E-state index in [0.29, 0.717) is 17.9 Å². The summed E-state index contributed by atoms with van der Waals surface area (Å²) in [5.74, 6) is -0.113. The first-order valence-electron chi connectivity index (χ1n) is 8.68. The van der Waals surface area contributed by atoms with Crippen LogP contribution in [0.5, 0.6) is 5.75 Å². The van der Waals surface area contributed by atoms with Crippen LogP contribution in [0.4, 0.5) is 5.69 Å². The Labute approximate surface area is 165 Å². The van der Waals surface area contributed by atoms with Crippen LogP contribution in [0.1, 0.15) is 24.5 Å². The first kappa shape index (κ1) is 17.8. The van der Waals surface area contributed by atoms with Gasteiger partial charge >= 0.3 is 5.97 Å². The SMILES string of the molecule is CCN1C(=O)[C@]2(CC(c3ccc(Br)cc3)=CC(=O)O2)c2cc(OC)ccc21. The normalized spacial score (nSPS) is 21.1. The zero-order valence-corrected chi connectivity index (χ0v) is 16.6. The van der Waals surface area contributed by atoms with E-state index in [1.807, 2.05) is 43.3 Å². The van der Waals surface area contributed by atoms with Crippen molar-refractivity contribution in [3.05, 3.63) is 64.1 Å². The van der Waals surface area contributed by atoms with E-state index in [1.165, 1.54) is 6.08 Å². The highest BCUT2D eigenvalue weighted by Gasteiger charge is 2.55. The molecule has 0 radical (unpaired) electrons. The molecule has 2 aromatic carbocycles. The second-order valence-electron chi connectivity index (χ2n) is 6.53. The molecule has 6 heteroatoms. The molecule has 0 aromatic heterocycles. The third-order valence-corrected chi connectivity index (χ3v) is 5.59. The number of carbonyl (C=O) groups is 2. The molecular formula is C21H18BrNO4. The van der Waals surface area contributed by atoms with Crippen molar-refractivity contribution < 1.29 is 19.1 Å². The number of methoxy groups -OCH3 is 1. The lowest BCUT2D eigenvalue weighted by molar-refractivity contribution is -0.163. The fourth-order valence-electron chi connectivity index (χ4n) is 3.78. The molecule has 27 heavy (non-hydrogen) atoms. The molecule has 0 fully saturated rings. The van der Waals surface area contributed by atoms with Gasteiger partial charge in [0.25, 0.3) is 5.91 Å². The first-order chi connectivity index (χ1) is 13.0. The number of carbonyl (C=O) groups excluding carboxylic acids is 2. The van der Waals surface area contributed by atoms with Crippen LogP contribution in [-0.4, -0.2) is 25.5 Å². The van der Waals surface area contributed by atoms with Crippen LogP contribution in [0.2, 0.25) is 0 Å². The number of nitrogens with zero attached hydrogens (tertiary/aromatic N) is 1. The molecule has 2 aromatic rings. The Bertz CT molecular complexity index is 967. The maximum Gasteiger partial charge on any atom is 0.332 e. The number of hydrogen-bond acceptors (Lipinski definition) is 4. The number of hydrogen-bond donors (Lipinski definition) is 0. The van der Waals surface area contributed by atoms with Crippen LogP contribution in [0, 0.1) is 0 Å². The Kier molecular flexibility index (Phi) is 4.30. The summed E-state index contributed by atoms with van der Waals surface area (Å²) in [6, 6.07) is 13.1. The Morgan fingerprint density at radius 1 is 1.19 bits per heavy atom. The summed E-state index contributed by atoms with van der Waals surface area (Å²) < 4.78 is 12.0. The average molecular weight is 428 g/mol. The Hall–Kier alpha value is -2.60. The van der Waals surface area contributed by atoms with Crippen LogP contribution in [0.15, 0.2) is 53.0 Å². The summed E-state index contributed by atoms with van der Waals surface area (Å²) in [7, 11) is 1.57. The van der Waals surface area contributed by atoms with E-state index in [4.69, 9.17) is 9.47 Å². The molecule has 0 saturated carbocycles. The first-order valence-corrected chi connectivity index (χ1v) is 9.48. The molecule has 2 aliphatic rings. The molecule has 0 bridgehead atoms. The van der Waals surface area contributed by atoms with Gasteiger partial charge in [-0.05, 0) is 48.4 Å². The number of likely N-dealkylation sites (N-methyl/N-ethyl adjacent to an activating group) is 1. The van der Waals surface area contributed by atoms with Crippen LogP contribution < -0.4 is 9.64 Å². The summed E-state index contributed by atoms with van der Waals surface area (Å²) in [6.07, 6.45) is 1.76. The van der Waals surface area contributed by atoms with E-state index >= 15 is 0 Å². The number of anilines is 1. The fraction of sp³-hybridized carbons (Fsp3) is 0.238. The maximum absolute atomic E-state index is 13.3. The van der Waals surface area contributed by atoms with E-state index < -0.39 is 11.6 Å². The molecule has 0 unspecified atom stereocenters. The van der Waals surface area contributed by atoms with Crippen molar-refractivity contribution in [1.82, 2.24) is 0 Å². The summed E-state index contributed by atoms with van der Waals surface area (Å²) >= 11 is 3.42. The summed E-state index contributed by atoms with van der Waals surface area (Å²) in [5.41, 5.74) is 1.74. The number of fused-ring (bicyclic) bond motifs is 2. The highest BCUT2D eigenvalue weighted by atomic mass is 79.9. The van der Waals surface area contributed by atoms with Crippen molar-refractivity contribution in [2.24, 2.45) is 0 Å². The van der Waals surface area contributed by atoms with Crippen molar-refractivity contribution >= 4 is 39.1 Å².